The standard InChI is InChI=1S/C14H26O4.C14H28/c1-2-3-4-5-6-9-12-18-14(17)11-8-7-10-13(15)16;1-2-3-4-5-6-8-11-14-12-9-7-10-13-14/h2-12H2,1H3,(H,15,16);14H,2-13H2,1H3. The van der Waals surface area contributed by atoms with Gasteiger partial charge in [0.15, 0.2) is 0 Å². The van der Waals surface area contributed by atoms with Crippen molar-refractivity contribution in [3.63, 3.8) is 0 Å². The van der Waals surface area contributed by atoms with Crippen molar-refractivity contribution in [3.05, 3.63) is 0 Å². The highest BCUT2D eigenvalue weighted by Gasteiger charge is 2.12. The largest absolute Gasteiger partial charge is 0.481 e. The molecule has 0 heterocycles. The van der Waals surface area contributed by atoms with Crippen LogP contribution in [0.15, 0.2) is 0 Å². The molecule has 0 aliphatic heterocycles. The number of carbonyl (C=O) groups is 2. The molecule has 1 fully saturated rings. The van der Waals surface area contributed by atoms with Gasteiger partial charge in [-0.15, -0.1) is 0 Å². The quantitative estimate of drug-likeness (QED) is 0.156. The molecular formula is C28H54O4. The van der Waals surface area contributed by atoms with Crippen molar-refractivity contribution >= 4 is 11.9 Å². The van der Waals surface area contributed by atoms with Gasteiger partial charge in [0.05, 0.1) is 6.61 Å². The van der Waals surface area contributed by atoms with E-state index in [0.29, 0.717) is 25.9 Å². The van der Waals surface area contributed by atoms with Gasteiger partial charge in [-0.25, -0.2) is 0 Å². The minimum absolute atomic E-state index is 0.130. The van der Waals surface area contributed by atoms with Crippen LogP contribution in [0.25, 0.3) is 0 Å². The van der Waals surface area contributed by atoms with E-state index in [-0.39, 0.29) is 12.4 Å². The third-order valence-electron chi connectivity index (χ3n) is 6.47. The van der Waals surface area contributed by atoms with Gasteiger partial charge in [-0.05, 0) is 25.2 Å². The van der Waals surface area contributed by atoms with Gasteiger partial charge in [0.1, 0.15) is 0 Å². The van der Waals surface area contributed by atoms with Crippen molar-refractivity contribution in [1.82, 2.24) is 0 Å². The zero-order valence-electron chi connectivity index (χ0n) is 21.5. The van der Waals surface area contributed by atoms with Crippen molar-refractivity contribution in [2.45, 2.75) is 155 Å². The highest BCUT2D eigenvalue weighted by Crippen LogP contribution is 2.28. The number of hydrogen-bond donors (Lipinski definition) is 1. The maximum atomic E-state index is 11.3. The van der Waals surface area contributed by atoms with Gasteiger partial charge in [-0.1, -0.05) is 123 Å². The molecule has 0 unspecified atom stereocenters. The number of carboxylic acids is 1. The average Bonchev–Trinajstić information content (AvgIpc) is 2.79. The number of hydrogen-bond acceptors (Lipinski definition) is 3. The second-order valence-corrected chi connectivity index (χ2v) is 9.65. The van der Waals surface area contributed by atoms with Crippen LogP contribution in [-0.4, -0.2) is 23.7 Å². The van der Waals surface area contributed by atoms with E-state index in [9.17, 15) is 9.59 Å². The van der Waals surface area contributed by atoms with Gasteiger partial charge < -0.3 is 9.84 Å². The summed E-state index contributed by atoms with van der Waals surface area (Å²) >= 11 is 0. The molecule has 0 amide bonds. The molecule has 0 saturated heterocycles. The molecule has 190 valence electrons. The van der Waals surface area contributed by atoms with Gasteiger partial charge in [-0.3, -0.25) is 9.59 Å². The third kappa shape index (κ3) is 23.6. The summed E-state index contributed by atoms with van der Waals surface area (Å²) in [6, 6.07) is 0. The predicted molar refractivity (Wildman–Crippen MR) is 135 cm³/mol. The third-order valence-corrected chi connectivity index (χ3v) is 6.47. The van der Waals surface area contributed by atoms with E-state index in [0.717, 1.165) is 18.8 Å². The monoisotopic (exact) mass is 454 g/mol. The average molecular weight is 455 g/mol. The minimum Gasteiger partial charge on any atom is -0.481 e. The number of esters is 1. The predicted octanol–water partition coefficient (Wildman–Crippen LogP) is 8.85. The molecule has 1 aliphatic carbocycles. The Morgan fingerprint density at radius 1 is 0.688 bits per heavy atom. The van der Waals surface area contributed by atoms with Crippen LogP contribution < -0.4 is 0 Å². The molecule has 1 aliphatic rings. The Bertz CT molecular complexity index is 416. The summed E-state index contributed by atoms with van der Waals surface area (Å²) in [4.78, 5) is 21.5. The summed E-state index contributed by atoms with van der Waals surface area (Å²) in [5.74, 6) is 0.0966. The number of carboxylic acid groups (broad SMARTS) is 1. The second-order valence-electron chi connectivity index (χ2n) is 9.65. The van der Waals surface area contributed by atoms with Crippen LogP contribution in [0.3, 0.4) is 0 Å². The topological polar surface area (TPSA) is 63.6 Å². The van der Waals surface area contributed by atoms with Gasteiger partial charge >= 0.3 is 11.9 Å². The van der Waals surface area contributed by atoms with Gasteiger partial charge in [0.2, 0.25) is 0 Å². The van der Waals surface area contributed by atoms with Crippen molar-refractivity contribution in [3.8, 4) is 0 Å². The van der Waals surface area contributed by atoms with Crippen LogP contribution in [0.2, 0.25) is 0 Å². The summed E-state index contributed by atoms with van der Waals surface area (Å²) in [6.07, 6.45) is 26.6. The molecule has 0 atom stereocenters. The fourth-order valence-electron chi connectivity index (χ4n) is 4.38. The zero-order valence-corrected chi connectivity index (χ0v) is 21.5. The van der Waals surface area contributed by atoms with Gasteiger partial charge in [0.25, 0.3) is 0 Å². The lowest BCUT2D eigenvalue weighted by atomic mass is 9.85. The van der Waals surface area contributed by atoms with Crippen LogP contribution >= 0.6 is 0 Å². The number of unbranched alkanes of at least 4 members (excludes halogenated alkanes) is 11. The van der Waals surface area contributed by atoms with E-state index < -0.39 is 5.97 Å². The van der Waals surface area contributed by atoms with Crippen LogP contribution in [0.5, 0.6) is 0 Å². The Labute approximate surface area is 199 Å². The van der Waals surface area contributed by atoms with E-state index in [1.54, 1.807) is 0 Å². The maximum absolute atomic E-state index is 11.3. The van der Waals surface area contributed by atoms with Crippen molar-refractivity contribution in [2.24, 2.45) is 5.92 Å². The SMILES string of the molecule is CCCCCCCCC1CCCCC1.CCCCCCCCOC(=O)CCCCC(=O)O. The molecule has 32 heavy (non-hydrogen) atoms. The second kappa shape index (κ2) is 24.6. The maximum Gasteiger partial charge on any atom is 0.305 e. The van der Waals surface area contributed by atoms with E-state index >= 15 is 0 Å². The van der Waals surface area contributed by atoms with Crippen molar-refractivity contribution < 1.29 is 19.4 Å². The Morgan fingerprint density at radius 2 is 1.22 bits per heavy atom. The molecular weight excluding hydrogens is 400 g/mol. The fraction of sp³-hybridized carbons (Fsp3) is 0.929. The van der Waals surface area contributed by atoms with E-state index in [4.69, 9.17) is 9.84 Å². The molecule has 0 aromatic carbocycles. The van der Waals surface area contributed by atoms with Crippen molar-refractivity contribution in [1.29, 1.82) is 0 Å². The van der Waals surface area contributed by atoms with Crippen LogP contribution in [0.4, 0.5) is 0 Å². The highest BCUT2D eigenvalue weighted by atomic mass is 16.5. The molecule has 1 saturated carbocycles. The first-order valence-electron chi connectivity index (χ1n) is 14.0. The van der Waals surface area contributed by atoms with Crippen LogP contribution in [0, 0.1) is 5.92 Å². The van der Waals surface area contributed by atoms with E-state index in [1.807, 2.05) is 0 Å². The molecule has 1 rings (SSSR count). The summed E-state index contributed by atoms with van der Waals surface area (Å²) in [5, 5.41) is 8.42. The first-order valence-corrected chi connectivity index (χ1v) is 14.0. The fourth-order valence-corrected chi connectivity index (χ4v) is 4.38. The Hall–Kier alpha value is -1.06. The van der Waals surface area contributed by atoms with Gasteiger partial charge in [0, 0.05) is 12.8 Å². The minimum atomic E-state index is -0.810. The van der Waals surface area contributed by atoms with Crippen LogP contribution in [0.1, 0.15) is 155 Å². The van der Waals surface area contributed by atoms with E-state index in [1.165, 1.54) is 103 Å². The lowest BCUT2D eigenvalue weighted by molar-refractivity contribution is -0.144. The lowest BCUT2D eigenvalue weighted by Gasteiger charge is -2.21. The Kier molecular flexibility index (Phi) is 23.8. The Balaban J connectivity index is 0.000000618. The highest BCUT2D eigenvalue weighted by molar-refractivity contribution is 5.69. The number of rotatable bonds is 19. The summed E-state index contributed by atoms with van der Waals surface area (Å²) < 4.78 is 5.07. The normalized spacial score (nSPS) is 13.9. The zero-order chi connectivity index (χ0) is 23.7. The first kappa shape index (κ1) is 30.9. The molecule has 0 spiro atoms. The molecule has 1 N–H and O–H groups in total. The van der Waals surface area contributed by atoms with Gasteiger partial charge in [-0.2, -0.15) is 0 Å². The molecule has 4 nitrogen and oxygen atoms in total. The lowest BCUT2D eigenvalue weighted by Crippen LogP contribution is -2.06. The smallest absolute Gasteiger partial charge is 0.305 e. The van der Waals surface area contributed by atoms with E-state index in [2.05, 4.69) is 13.8 Å². The van der Waals surface area contributed by atoms with Crippen LogP contribution in [-0.2, 0) is 14.3 Å². The summed E-state index contributed by atoms with van der Waals surface area (Å²) in [5.41, 5.74) is 0. The molecule has 4 heteroatoms. The molecule has 0 aromatic rings. The number of aliphatic carboxylic acids is 1. The number of carbonyl (C=O) groups excluding carboxylic acids is 1. The Morgan fingerprint density at radius 3 is 1.81 bits per heavy atom. The summed E-state index contributed by atoms with van der Waals surface area (Å²) in [7, 11) is 0. The molecule has 0 radical (unpaired) electrons. The number of ether oxygens (including phenoxy) is 1. The van der Waals surface area contributed by atoms with Crippen molar-refractivity contribution in [2.75, 3.05) is 6.61 Å². The molecule has 0 bridgehead atoms. The summed E-state index contributed by atoms with van der Waals surface area (Å²) in [6.45, 7) is 4.98. The first-order chi connectivity index (χ1) is 15.6. The molecule has 0 aromatic heterocycles.